The molecule has 0 radical (unpaired) electrons. The fourth-order valence-corrected chi connectivity index (χ4v) is 17.1. The van der Waals surface area contributed by atoms with Gasteiger partial charge < -0.3 is 74.7 Å². The summed E-state index contributed by atoms with van der Waals surface area (Å²) in [6.07, 6.45) is -9.79. The highest BCUT2D eigenvalue weighted by Crippen LogP contribution is 2.45. The Bertz CT molecular complexity index is 5440. The minimum absolute atomic E-state index is 0.0208. The van der Waals surface area contributed by atoms with Gasteiger partial charge in [0.1, 0.15) is 74.5 Å². The lowest BCUT2D eigenvalue weighted by atomic mass is 9.98. The molecular weight excluding hydrogens is 1690 g/mol. The zero-order chi connectivity index (χ0) is 88.3. The lowest BCUT2D eigenvalue weighted by Gasteiger charge is -2.32. The standard InChI is InChI=1S/C24H26F3N4O3P.C21H22F3N4OP.C20H25F3N5OP.C17H20F3N4O2P/c1-33-20-11-15-9-10-31(14-16(15)12-21(20)34-2)22-19(24(25,26)27)13-28-23(30-22)29-17-5-7-18(8-6-17)35(3,4)32;1-30(2,29)17-10-8-16(9-11-17)27-20-26-14-18(21(22,23)24)19(28-20)25-13-12-15-6-4-3-5-7-15;1-30(2,29)16-8-6-15(7-9-16)25-19-24-10-17(20(21,22)23)18(26-19)27-28-11-13-4-3-5-14(13)12-28;1-27(2,25)12-7-5-11(6-8-12)22-16-21-10-13(17(18,19)20)15(24-16)23-14-4-3-9-26-14/h5-8,11-13H,9-10,14H2,1-4H3,(H,28,29,30);3-11,14H,12-13H2,1-2H3,(H2,25,26,27,28);6-10,13-14H,3-5,11-12H2,1-2H3,(H2,24,25,26,27);5-8,10,14H,3-4,9H2,1-2H3,(H2,21,22,23,24). The van der Waals surface area contributed by atoms with Gasteiger partial charge in [-0.25, -0.2) is 24.9 Å². The van der Waals surface area contributed by atoms with Crippen LogP contribution in [0.5, 0.6) is 11.5 Å². The largest absolute Gasteiger partial charge is 0.493 e. The third-order valence-electron chi connectivity index (χ3n) is 20.1. The number of fused-ring (bicyclic) bond motifs is 2. The summed E-state index contributed by atoms with van der Waals surface area (Å²) in [6, 6.07) is 40.4. The molecule has 3 fully saturated rings. The second kappa shape index (κ2) is 38.6. The monoisotopic (exact) mass is 1780 g/mol. The van der Waals surface area contributed by atoms with E-state index in [1.165, 1.54) is 13.5 Å². The molecule has 0 amide bonds. The van der Waals surface area contributed by atoms with Crippen LogP contribution in [-0.4, -0.2) is 151 Å². The summed E-state index contributed by atoms with van der Waals surface area (Å²) >= 11 is 0. The van der Waals surface area contributed by atoms with Crippen LogP contribution in [-0.2, 0) is 67.1 Å². The van der Waals surface area contributed by atoms with E-state index in [0.29, 0.717) is 101 Å². The minimum Gasteiger partial charge on any atom is -0.493 e. The van der Waals surface area contributed by atoms with Crippen LogP contribution in [0.15, 0.2) is 164 Å². The quantitative estimate of drug-likeness (QED) is 0.0231. The van der Waals surface area contributed by atoms with Gasteiger partial charge in [-0.05, 0) is 230 Å². The molecule has 3 unspecified atom stereocenters. The van der Waals surface area contributed by atoms with Crippen molar-refractivity contribution in [1.82, 2.24) is 44.9 Å². The maximum Gasteiger partial charge on any atom is 0.421 e. The smallest absolute Gasteiger partial charge is 0.421 e. The maximum absolute atomic E-state index is 13.8. The predicted molar refractivity (Wildman–Crippen MR) is 455 cm³/mol. The van der Waals surface area contributed by atoms with Gasteiger partial charge in [-0.15, -0.1) is 0 Å². The highest BCUT2D eigenvalue weighted by Gasteiger charge is 2.42. The molecule has 6 aromatic carbocycles. The fraction of sp³-hybridized carbons (Fsp3) is 0.366. The van der Waals surface area contributed by atoms with E-state index in [1.54, 1.807) is 168 Å². The molecule has 7 heterocycles. The number of hydrogen-bond acceptors (Lipinski definition) is 24. The number of benzene rings is 6. The summed E-state index contributed by atoms with van der Waals surface area (Å²) in [5.41, 5.74) is 4.41. The molecule has 122 heavy (non-hydrogen) atoms. The molecular formula is C82H93F12N17O7P4. The molecule has 7 N–H and O–H groups in total. The normalized spacial score (nSPS) is 16.3. The number of nitrogens with one attached hydrogen (secondary N) is 7. The molecule has 4 aromatic heterocycles. The van der Waals surface area contributed by atoms with Crippen molar-refractivity contribution in [2.45, 2.75) is 82.4 Å². The molecule has 1 aliphatic carbocycles. The molecule has 24 nitrogen and oxygen atoms in total. The van der Waals surface area contributed by atoms with Crippen LogP contribution in [0, 0.1) is 11.8 Å². The van der Waals surface area contributed by atoms with Gasteiger partial charge in [0.05, 0.1) is 14.2 Å². The van der Waals surface area contributed by atoms with E-state index in [-0.39, 0.29) is 53.6 Å². The van der Waals surface area contributed by atoms with Crippen molar-refractivity contribution in [2.24, 2.45) is 11.8 Å². The summed E-state index contributed by atoms with van der Waals surface area (Å²) in [5, 5.41) is 21.8. The lowest BCUT2D eigenvalue weighted by Crippen LogP contribution is -2.33. The summed E-state index contributed by atoms with van der Waals surface area (Å²) in [4.78, 5) is 33.3. The van der Waals surface area contributed by atoms with Crippen LogP contribution in [0.25, 0.3) is 0 Å². The topological polar surface area (TPSA) is 290 Å². The summed E-state index contributed by atoms with van der Waals surface area (Å²) in [5.74, 6) is 1.29. The van der Waals surface area contributed by atoms with Gasteiger partial charge in [-0.2, -0.15) is 72.6 Å². The number of rotatable bonds is 23. The Morgan fingerprint density at radius 3 is 1.22 bits per heavy atom. The molecule has 0 spiro atoms. The number of halogens is 12. The number of alkyl halides is 12. The third-order valence-corrected chi connectivity index (χ3v) is 26.3. The molecule has 652 valence electrons. The number of ether oxygens (including phenoxy) is 3. The molecule has 40 heteroatoms. The van der Waals surface area contributed by atoms with E-state index in [4.69, 9.17) is 14.2 Å². The zero-order valence-corrected chi connectivity index (χ0v) is 71.7. The minimum atomic E-state index is -4.61. The van der Waals surface area contributed by atoms with E-state index >= 15 is 0 Å². The Balaban J connectivity index is 0.000000159. The van der Waals surface area contributed by atoms with Crippen molar-refractivity contribution in [1.29, 1.82) is 0 Å². The molecule has 14 rings (SSSR count). The third kappa shape index (κ3) is 25.4. The van der Waals surface area contributed by atoms with Gasteiger partial charge in [0, 0.05) is 108 Å². The first-order chi connectivity index (χ1) is 57.3. The van der Waals surface area contributed by atoms with Gasteiger partial charge in [0.25, 0.3) is 0 Å². The second-order valence-electron chi connectivity index (χ2n) is 30.8. The Kier molecular flexibility index (Phi) is 29.2. The van der Waals surface area contributed by atoms with Gasteiger partial charge in [0.15, 0.2) is 17.3 Å². The Labute approximate surface area is 697 Å². The van der Waals surface area contributed by atoms with Crippen LogP contribution in [0.1, 0.15) is 71.0 Å². The maximum atomic E-state index is 13.8. The number of aromatic nitrogens is 8. The van der Waals surface area contributed by atoms with Crippen molar-refractivity contribution in [3.05, 3.63) is 203 Å². The average Bonchev–Trinajstić information content (AvgIpc) is 0.848. The summed E-state index contributed by atoms with van der Waals surface area (Å²) in [7, 11) is -6.50. The summed E-state index contributed by atoms with van der Waals surface area (Å²) < 4.78 is 226. The Hall–Kier alpha value is -10.4. The molecule has 3 atom stereocenters. The average molecular weight is 1780 g/mol. The Morgan fingerprint density at radius 2 is 0.828 bits per heavy atom. The van der Waals surface area contributed by atoms with E-state index in [0.717, 1.165) is 79.1 Å². The molecule has 3 aliphatic heterocycles. The van der Waals surface area contributed by atoms with Crippen molar-refractivity contribution in [2.75, 3.05) is 143 Å². The van der Waals surface area contributed by atoms with E-state index in [1.807, 2.05) is 41.4 Å². The van der Waals surface area contributed by atoms with Gasteiger partial charge in [-0.1, -0.05) is 36.8 Å². The molecule has 10 aromatic rings. The van der Waals surface area contributed by atoms with Crippen LogP contribution in [0.4, 0.5) is 122 Å². The Morgan fingerprint density at radius 1 is 0.451 bits per heavy atom. The van der Waals surface area contributed by atoms with Crippen LogP contribution in [0.3, 0.4) is 0 Å². The van der Waals surface area contributed by atoms with Gasteiger partial charge in [0.2, 0.25) is 23.8 Å². The molecule has 2 saturated heterocycles. The predicted octanol–water partition coefficient (Wildman–Crippen LogP) is 18.8. The highest BCUT2D eigenvalue weighted by molar-refractivity contribution is 7.71. The first-order valence-corrected chi connectivity index (χ1v) is 48.9. The second-order valence-corrected chi connectivity index (χ2v) is 43.7. The van der Waals surface area contributed by atoms with E-state index < -0.39 is 81.8 Å². The number of nitrogens with zero attached hydrogens (tertiary/aromatic N) is 10. The first kappa shape index (κ1) is 92.4. The lowest BCUT2D eigenvalue weighted by molar-refractivity contribution is -0.138. The first-order valence-electron chi connectivity index (χ1n) is 38.5. The molecule has 0 bridgehead atoms. The van der Waals surface area contributed by atoms with Gasteiger partial charge >= 0.3 is 24.7 Å². The van der Waals surface area contributed by atoms with Crippen molar-refractivity contribution < 1.29 is 85.2 Å². The van der Waals surface area contributed by atoms with E-state index in [9.17, 15) is 70.9 Å². The van der Waals surface area contributed by atoms with Crippen LogP contribution in [0.2, 0.25) is 0 Å². The number of anilines is 12. The van der Waals surface area contributed by atoms with Crippen molar-refractivity contribution in [3.8, 4) is 11.5 Å². The summed E-state index contributed by atoms with van der Waals surface area (Å²) in [6.45, 7) is 16.2. The molecule has 4 aliphatic rings. The van der Waals surface area contributed by atoms with Crippen molar-refractivity contribution in [3.63, 3.8) is 0 Å². The highest BCUT2D eigenvalue weighted by atomic mass is 31.2. The van der Waals surface area contributed by atoms with Gasteiger partial charge in [-0.3, -0.25) is 0 Å². The SMILES string of the molecule is COc1cc2c(cc1OC)CN(c1nc(Nc3ccc(P(C)(C)=O)cc3)ncc1C(F)(F)F)CC2.CP(C)(=O)c1ccc(Nc2ncc(C(F)(F)F)c(NC3CCCO3)n2)cc1.CP(C)(=O)c1ccc(Nc2ncc(C(F)(F)F)c(NCCc3ccccc3)n2)cc1.CP(C)(=O)c1ccc(Nc2ncc(C(F)(F)F)c(NN3CC4CCCC4C3)n2)cc1. The molecule has 1 saturated carbocycles. The number of hydrazine groups is 1. The number of methoxy groups -OCH3 is 2. The number of hydrogen-bond donors (Lipinski definition) is 7. The van der Waals surface area contributed by atoms with E-state index in [2.05, 4.69) is 77.2 Å². The zero-order valence-electron chi connectivity index (χ0n) is 68.2. The van der Waals surface area contributed by atoms with Crippen LogP contribution < -0.4 is 72.9 Å². The fourth-order valence-electron chi connectivity index (χ4n) is 13.6. The van der Waals surface area contributed by atoms with Crippen LogP contribution >= 0.6 is 28.6 Å². The van der Waals surface area contributed by atoms with Crippen molar-refractivity contribution >= 4 is 120 Å².